The van der Waals surface area contributed by atoms with Gasteiger partial charge in [0.2, 0.25) is 5.91 Å². The predicted molar refractivity (Wildman–Crippen MR) is 77.8 cm³/mol. The van der Waals surface area contributed by atoms with E-state index in [0.29, 0.717) is 19.4 Å². The van der Waals surface area contributed by atoms with Crippen molar-refractivity contribution in [2.75, 3.05) is 13.2 Å². The van der Waals surface area contributed by atoms with E-state index in [4.69, 9.17) is 10.5 Å². The fourth-order valence-electron chi connectivity index (χ4n) is 2.35. The number of aliphatic hydroxyl groups is 1. The van der Waals surface area contributed by atoms with Crippen molar-refractivity contribution in [1.29, 1.82) is 0 Å². The molecule has 0 spiro atoms. The van der Waals surface area contributed by atoms with Crippen LogP contribution in [-0.4, -0.2) is 47.0 Å². The molecule has 2 unspecified atom stereocenters. The highest BCUT2D eigenvalue weighted by Gasteiger charge is 2.39. The van der Waals surface area contributed by atoms with Gasteiger partial charge in [0.05, 0.1) is 12.1 Å². The van der Waals surface area contributed by atoms with Crippen LogP contribution < -0.4 is 11.1 Å². The molecule has 6 nitrogen and oxygen atoms in total. The van der Waals surface area contributed by atoms with E-state index in [9.17, 15) is 15.0 Å². The van der Waals surface area contributed by atoms with E-state index in [0.717, 1.165) is 5.56 Å². The third-order valence-electron chi connectivity index (χ3n) is 3.96. The molecule has 6 heteroatoms. The Morgan fingerprint density at radius 2 is 2.19 bits per heavy atom. The Balaban J connectivity index is 1.84. The number of amides is 1. The summed E-state index contributed by atoms with van der Waals surface area (Å²) in [4.78, 5) is 12.0. The van der Waals surface area contributed by atoms with Crippen LogP contribution >= 0.6 is 0 Å². The molecule has 5 N–H and O–H groups in total. The maximum atomic E-state index is 12.0. The largest absolute Gasteiger partial charge is 0.508 e. The number of carbonyl (C=O) groups is 1. The van der Waals surface area contributed by atoms with Crippen molar-refractivity contribution in [3.05, 3.63) is 29.8 Å². The number of benzene rings is 1. The molecule has 1 aromatic carbocycles. The first-order chi connectivity index (χ1) is 9.90. The van der Waals surface area contributed by atoms with E-state index in [1.165, 1.54) is 0 Å². The summed E-state index contributed by atoms with van der Waals surface area (Å²) >= 11 is 0. The number of phenolic OH excluding ortho intramolecular Hbond substituents is 1. The van der Waals surface area contributed by atoms with E-state index in [1.54, 1.807) is 31.2 Å². The Morgan fingerprint density at radius 3 is 2.76 bits per heavy atom. The van der Waals surface area contributed by atoms with Gasteiger partial charge in [-0.05, 0) is 31.0 Å². The van der Waals surface area contributed by atoms with E-state index in [1.807, 2.05) is 0 Å². The van der Waals surface area contributed by atoms with Gasteiger partial charge in [-0.25, -0.2) is 0 Å². The van der Waals surface area contributed by atoms with Gasteiger partial charge in [0, 0.05) is 19.6 Å². The highest BCUT2D eigenvalue weighted by molar-refractivity contribution is 5.81. The molecular weight excluding hydrogens is 272 g/mol. The summed E-state index contributed by atoms with van der Waals surface area (Å²) in [6.45, 7) is 2.42. The second-order valence-corrected chi connectivity index (χ2v) is 5.56. The first-order valence-corrected chi connectivity index (χ1v) is 7.06. The average Bonchev–Trinajstić information content (AvgIpc) is 2.79. The lowest BCUT2D eigenvalue weighted by Crippen LogP contribution is -2.51. The fourth-order valence-corrected chi connectivity index (χ4v) is 2.35. The van der Waals surface area contributed by atoms with Gasteiger partial charge in [-0.15, -0.1) is 0 Å². The van der Waals surface area contributed by atoms with Gasteiger partial charge in [-0.2, -0.15) is 0 Å². The number of ether oxygens (including phenoxy) is 1. The maximum absolute atomic E-state index is 12.0. The zero-order valence-corrected chi connectivity index (χ0v) is 12.1. The molecule has 0 aromatic heterocycles. The van der Waals surface area contributed by atoms with Crippen LogP contribution in [0, 0.1) is 0 Å². The van der Waals surface area contributed by atoms with Gasteiger partial charge >= 0.3 is 0 Å². The minimum absolute atomic E-state index is 0.135. The van der Waals surface area contributed by atoms with E-state index in [2.05, 4.69) is 5.32 Å². The third-order valence-corrected chi connectivity index (χ3v) is 3.96. The van der Waals surface area contributed by atoms with Crippen LogP contribution in [0.5, 0.6) is 5.75 Å². The van der Waals surface area contributed by atoms with E-state index < -0.39 is 11.6 Å². The van der Waals surface area contributed by atoms with E-state index in [-0.39, 0.29) is 24.3 Å². The van der Waals surface area contributed by atoms with Crippen LogP contribution in [-0.2, 0) is 16.0 Å². The lowest BCUT2D eigenvalue weighted by molar-refractivity contribution is -0.124. The molecule has 2 rings (SSSR count). The summed E-state index contributed by atoms with van der Waals surface area (Å²) in [6, 6.07) is 5.86. The van der Waals surface area contributed by atoms with E-state index >= 15 is 0 Å². The third kappa shape index (κ3) is 3.93. The minimum atomic E-state index is -1.02. The lowest BCUT2D eigenvalue weighted by Gasteiger charge is -2.26. The van der Waals surface area contributed by atoms with Crippen molar-refractivity contribution in [1.82, 2.24) is 5.32 Å². The summed E-state index contributed by atoms with van der Waals surface area (Å²) < 4.78 is 5.31. The quantitative estimate of drug-likeness (QED) is 0.608. The molecule has 0 saturated carbocycles. The molecular formula is C15H22N2O4. The number of phenols is 1. The zero-order chi connectivity index (χ0) is 15.5. The molecule has 3 atom stereocenters. The van der Waals surface area contributed by atoms with Crippen molar-refractivity contribution in [3.8, 4) is 5.75 Å². The number of hydrogen-bond donors (Lipinski definition) is 4. The van der Waals surface area contributed by atoms with Crippen LogP contribution in [0.15, 0.2) is 24.3 Å². The number of hydrogen-bond acceptors (Lipinski definition) is 5. The summed E-state index contributed by atoms with van der Waals surface area (Å²) in [7, 11) is 0. The van der Waals surface area contributed by atoms with Crippen molar-refractivity contribution >= 4 is 5.91 Å². The summed E-state index contributed by atoms with van der Waals surface area (Å²) in [6.07, 6.45) is 0.573. The Bertz CT molecular complexity index is 491. The molecule has 1 saturated heterocycles. The Hall–Kier alpha value is -1.63. The smallest absolute Gasteiger partial charge is 0.237 e. The highest BCUT2D eigenvalue weighted by atomic mass is 16.5. The Morgan fingerprint density at radius 1 is 1.52 bits per heavy atom. The first kappa shape index (κ1) is 15.8. The second-order valence-electron chi connectivity index (χ2n) is 5.56. The van der Waals surface area contributed by atoms with Crippen molar-refractivity contribution < 1.29 is 19.7 Å². The van der Waals surface area contributed by atoms with Crippen molar-refractivity contribution in [2.45, 2.75) is 37.5 Å². The molecule has 1 amide bonds. The van der Waals surface area contributed by atoms with Gasteiger partial charge in [0.1, 0.15) is 11.4 Å². The van der Waals surface area contributed by atoms with Crippen LogP contribution in [0.4, 0.5) is 0 Å². The number of nitrogens with one attached hydrogen (secondary N) is 1. The second kappa shape index (κ2) is 6.43. The molecule has 1 aliphatic rings. The van der Waals surface area contributed by atoms with Gasteiger partial charge in [0.15, 0.2) is 0 Å². The molecule has 1 aromatic rings. The standard InChI is InChI=1S/C15H22N2O4/c1-10-15(20,6-7-21-10)9-17-14(19)13(16)8-11-2-4-12(18)5-3-11/h2-5,10,13,18,20H,6-9,16H2,1H3,(H,17,19)/t10?,13-,15?/m1/s1. The summed E-state index contributed by atoms with van der Waals surface area (Å²) in [5.41, 5.74) is 5.71. The molecule has 1 fully saturated rings. The number of aromatic hydroxyl groups is 1. The normalized spacial score (nSPS) is 26.5. The topological polar surface area (TPSA) is 105 Å². The molecule has 21 heavy (non-hydrogen) atoms. The zero-order valence-electron chi connectivity index (χ0n) is 12.1. The maximum Gasteiger partial charge on any atom is 0.237 e. The monoisotopic (exact) mass is 294 g/mol. The molecule has 0 bridgehead atoms. The van der Waals surface area contributed by atoms with Gasteiger partial charge in [0.25, 0.3) is 0 Å². The molecule has 1 aliphatic heterocycles. The fraction of sp³-hybridized carbons (Fsp3) is 0.533. The predicted octanol–water partition coefficient (Wildman–Crippen LogP) is -0.0819. The lowest BCUT2D eigenvalue weighted by atomic mass is 9.96. The number of nitrogens with two attached hydrogens (primary N) is 1. The SMILES string of the molecule is CC1OCCC1(O)CNC(=O)[C@H](N)Cc1ccc(O)cc1. The molecule has 0 aliphatic carbocycles. The average molecular weight is 294 g/mol. The van der Waals surface area contributed by atoms with Crippen LogP contribution in [0.25, 0.3) is 0 Å². The Labute approximate surface area is 123 Å². The molecule has 0 radical (unpaired) electrons. The van der Waals surface area contributed by atoms with Gasteiger partial charge in [-0.3, -0.25) is 4.79 Å². The minimum Gasteiger partial charge on any atom is -0.508 e. The van der Waals surface area contributed by atoms with Crippen molar-refractivity contribution in [3.63, 3.8) is 0 Å². The highest BCUT2D eigenvalue weighted by Crippen LogP contribution is 2.24. The molecule has 116 valence electrons. The Kier molecular flexibility index (Phi) is 4.82. The molecule has 1 heterocycles. The van der Waals surface area contributed by atoms with Crippen LogP contribution in [0.3, 0.4) is 0 Å². The van der Waals surface area contributed by atoms with Crippen molar-refractivity contribution in [2.24, 2.45) is 5.73 Å². The number of rotatable bonds is 5. The van der Waals surface area contributed by atoms with Gasteiger partial charge < -0.3 is 26.0 Å². The van der Waals surface area contributed by atoms with Gasteiger partial charge in [-0.1, -0.05) is 12.1 Å². The summed E-state index contributed by atoms with van der Waals surface area (Å²) in [5, 5.41) is 22.2. The summed E-state index contributed by atoms with van der Waals surface area (Å²) in [5.74, 6) is -0.134. The van der Waals surface area contributed by atoms with Crippen LogP contribution in [0.2, 0.25) is 0 Å². The first-order valence-electron chi connectivity index (χ1n) is 7.06. The van der Waals surface area contributed by atoms with Crippen LogP contribution in [0.1, 0.15) is 18.9 Å². The number of carbonyl (C=O) groups excluding carboxylic acids is 1.